The topological polar surface area (TPSA) is 88.9 Å². The lowest BCUT2D eigenvalue weighted by atomic mass is 10.2. The largest absolute Gasteiger partial charge is 0.344 e. The van der Waals surface area contributed by atoms with E-state index in [1.165, 1.54) is 22.9 Å². The lowest BCUT2D eigenvalue weighted by molar-refractivity contribution is 0.102. The molecule has 29 heavy (non-hydrogen) atoms. The van der Waals surface area contributed by atoms with Crippen molar-refractivity contribution in [2.24, 2.45) is 7.05 Å². The minimum atomic E-state index is -0.718. The number of amides is 1. The van der Waals surface area contributed by atoms with Crippen LogP contribution in [0.2, 0.25) is 0 Å². The summed E-state index contributed by atoms with van der Waals surface area (Å²) < 4.78 is 15.6. The number of anilines is 1. The molecule has 2 N–H and O–H groups in total. The predicted molar refractivity (Wildman–Crippen MR) is 108 cm³/mol. The van der Waals surface area contributed by atoms with Gasteiger partial charge in [0.25, 0.3) is 11.5 Å². The van der Waals surface area contributed by atoms with Crippen LogP contribution in [0.5, 0.6) is 0 Å². The Labute approximate surface area is 164 Å². The maximum atomic E-state index is 13.2. The van der Waals surface area contributed by atoms with Crippen LogP contribution in [0, 0.1) is 12.7 Å². The number of hydrogen-bond acceptors (Lipinski definition) is 3. The summed E-state index contributed by atoms with van der Waals surface area (Å²) in [4.78, 5) is 40.9. The van der Waals surface area contributed by atoms with E-state index in [2.05, 4.69) is 10.3 Å². The average molecular weight is 392 g/mol. The van der Waals surface area contributed by atoms with Gasteiger partial charge in [0.2, 0.25) is 0 Å². The molecule has 0 radical (unpaired) electrons. The van der Waals surface area contributed by atoms with Crippen LogP contribution in [-0.2, 0) is 7.05 Å². The van der Waals surface area contributed by atoms with Crippen molar-refractivity contribution in [2.45, 2.75) is 6.92 Å². The Morgan fingerprint density at radius 1 is 1.03 bits per heavy atom. The van der Waals surface area contributed by atoms with E-state index in [9.17, 15) is 18.8 Å². The third kappa shape index (κ3) is 3.25. The number of hydrogen-bond donors (Lipinski definition) is 2. The lowest BCUT2D eigenvalue weighted by Crippen LogP contribution is -2.34. The first-order valence-corrected chi connectivity index (χ1v) is 8.83. The molecule has 4 rings (SSSR count). The Balaban J connectivity index is 1.83. The van der Waals surface area contributed by atoms with Crippen molar-refractivity contribution in [3.05, 3.63) is 92.5 Å². The highest BCUT2D eigenvalue weighted by molar-refractivity contribution is 6.11. The molecular weight excluding hydrogens is 375 g/mol. The first-order chi connectivity index (χ1) is 13.8. The van der Waals surface area contributed by atoms with E-state index in [0.717, 1.165) is 22.3 Å². The van der Waals surface area contributed by atoms with Crippen molar-refractivity contribution in [3.8, 4) is 5.69 Å². The minimum Gasteiger partial charge on any atom is -0.344 e. The van der Waals surface area contributed by atoms with Gasteiger partial charge in [0.05, 0.1) is 16.8 Å². The molecule has 0 aliphatic heterocycles. The lowest BCUT2D eigenvalue weighted by Gasteiger charge is -2.07. The van der Waals surface area contributed by atoms with E-state index in [-0.39, 0.29) is 22.3 Å². The number of nitrogens with zero attached hydrogens (tertiary/aromatic N) is 2. The van der Waals surface area contributed by atoms with Crippen LogP contribution in [0.1, 0.15) is 15.9 Å². The van der Waals surface area contributed by atoms with E-state index < -0.39 is 23.0 Å². The highest BCUT2D eigenvalue weighted by atomic mass is 19.1. The number of aromatic nitrogens is 3. The summed E-state index contributed by atoms with van der Waals surface area (Å²) in [6, 6.07) is 12.3. The summed E-state index contributed by atoms with van der Waals surface area (Å²) >= 11 is 0. The Morgan fingerprint density at radius 3 is 2.34 bits per heavy atom. The summed E-state index contributed by atoms with van der Waals surface area (Å²) in [6.45, 7) is 1.94. The third-order valence-corrected chi connectivity index (χ3v) is 4.66. The summed E-state index contributed by atoms with van der Waals surface area (Å²) in [5.74, 6) is -0.928. The molecule has 2 aromatic heterocycles. The van der Waals surface area contributed by atoms with Crippen LogP contribution in [0.25, 0.3) is 16.7 Å². The smallest absolute Gasteiger partial charge is 0.333 e. The second-order valence-electron chi connectivity index (χ2n) is 6.74. The third-order valence-electron chi connectivity index (χ3n) is 4.66. The predicted octanol–water partition coefficient (Wildman–Crippen LogP) is 2.72. The molecule has 0 spiro atoms. The maximum absolute atomic E-state index is 13.2. The average Bonchev–Trinajstić information content (AvgIpc) is 3.01. The number of fused-ring (bicyclic) bond motifs is 1. The van der Waals surface area contributed by atoms with Crippen molar-refractivity contribution in [3.63, 3.8) is 0 Å². The Bertz CT molecular complexity index is 1350. The number of rotatable bonds is 3. The summed E-state index contributed by atoms with van der Waals surface area (Å²) in [5, 5.41) is 2.76. The molecule has 0 aliphatic carbocycles. The fraction of sp³-hybridized carbons (Fsp3) is 0.0952. The van der Waals surface area contributed by atoms with Crippen LogP contribution >= 0.6 is 0 Å². The Hall–Kier alpha value is -3.94. The Morgan fingerprint density at radius 2 is 1.69 bits per heavy atom. The van der Waals surface area contributed by atoms with Crippen molar-refractivity contribution in [1.29, 1.82) is 0 Å². The van der Waals surface area contributed by atoms with Gasteiger partial charge in [-0.15, -0.1) is 0 Å². The molecule has 1 amide bonds. The SMILES string of the molecule is Cc1ccc(NC(=O)c2cn(C)c3c(=O)n(-c4ccc(F)cc4)c(=O)[nH]c23)cc1. The monoisotopic (exact) mass is 392 g/mol. The fourth-order valence-corrected chi connectivity index (χ4v) is 3.20. The fourth-order valence-electron chi connectivity index (χ4n) is 3.20. The number of carbonyl (C=O) groups excluding carboxylic acids is 1. The molecule has 7 nitrogen and oxygen atoms in total. The summed E-state index contributed by atoms with van der Waals surface area (Å²) in [7, 11) is 1.61. The molecule has 8 heteroatoms. The molecule has 0 aliphatic rings. The summed E-state index contributed by atoms with van der Waals surface area (Å²) in [6.07, 6.45) is 1.49. The van der Waals surface area contributed by atoms with Gasteiger partial charge < -0.3 is 14.9 Å². The normalized spacial score (nSPS) is 11.0. The molecule has 2 aromatic carbocycles. The van der Waals surface area contributed by atoms with Crippen LogP contribution < -0.4 is 16.6 Å². The zero-order valence-electron chi connectivity index (χ0n) is 15.7. The molecule has 0 unspecified atom stereocenters. The van der Waals surface area contributed by atoms with Gasteiger partial charge in [0.1, 0.15) is 11.3 Å². The van der Waals surface area contributed by atoms with Gasteiger partial charge in [0, 0.05) is 18.9 Å². The van der Waals surface area contributed by atoms with Gasteiger partial charge in [-0.25, -0.2) is 13.8 Å². The highest BCUT2D eigenvalue weighted by Crippen LogP contribution is 2.18. The molecule has 0 saturated carbocycles. The Kier molecular flexibility index (Phi) is 4.38. The second-order valence-corrected chi connectivity index (χ2v) is 6.74. The number of H-pyrrole nitrogens is 1. The number of nitrogens with one attached hydrogen (secondary N) is 2. The molecule has 4 aromatic rings. The van der Waals surface area contributed by atoms with Gasteiger partial charge in [-0.2, -0.15) is 0 Å². The molecule has 0 saturated heterocycles. The van der Waals surface area contributed by atoms with Crippen molar-refractivity contribution >= 4 is 22.6 Å². The van der Waals surface area contributed by atoms with Crippen molar-refractivity contribution in [2.75, 3.05) is 5.32 Å². The van der Waals surface area contributed by atoms with Crippen LogP contribution in [0.15, 0.2) is 64.3 Å². The zero-order chi connectivity index (χ0) is 20.7. The molecule has 2 heterocycles. The van der Waals surface area contributed by atoms with E-state index in [1.807, 2.05) is 19.1 Å². The van der Waals surface area contributed by atoms with E-state index in [4.69, 9.17) is 0 Å². The van der Waals surface area contributed by atoms with Gasteiger partial charge >= 0.3 is 5.69 Å². The van der Waals surface area contributed by atoms with Gasteiger partial charge in [-0.05, 0) is 43.3 Å². The van der Waals surface area contributed by atoms with Crippen molar-refractivity contribution < 1.29 is 9.18 Å². The quantitative estimate of drug-likeness (QED) is 0.562. The number of aromatic amines is 1. The van der Waals surface area contributed by atoms with Gasteiger partial charge in [-0.1, -0.05) is 17.7 Å². The number of carbonyl (C=O) groups is 1. The highest BCUT2D eigenvalue weighted by Gasteiger charge is 2.20. The van der Waals surface area contributed by atoms with E-state index in [1.54, 1.807) is 19.2 Å². The van der Waals surface area contributed by atoms with E-state index >= 15 is 0 Å². The second kappa shape index (κ2) is 6.90. The summed E-state index contributed by atoms with van der Waals surface area (Å²) in [5.41, 5.74) is 1.03. The molecular formula is C21H17FN4O3. The number of benzene rings is 2. The van der Waals surface area contributed by atoms with Crippen LogP contribution in [0.3, 0.4) is 0 Å². The van der Waals surface area contributed by atoms with Gasteiger partial charge in [0.15, 0.2) is 0 Å². The maximum Gasteiger partial charge on any atom is 0.333 e. The first-order valence-electron chi connectivity index (χ1n) is 8.83. The minimum absolute atomic E-state index is 0.144. The van der Waals surface area contributed by atoms with Crippen LogP contribution in [-0.4, -0.2) is 20.0 Å². The van der Waals surface area contributed by atoms with Crippen molar-refractivity contribution in [1.82, 2.24) is 14.1 Å². The molecule has 0 fully saturated rings. The van der Waals surface area contributed by atoms with E-state index in [0.29, 0.717) is 5.69 Å². The molecule has 0 atom stereocenters. The zero-order valence-corrected chi connectivity index (χ0v) is 15.7. The van der Waals surface area contributed by atoms with Crippen LogP contribution in [0.4, 0.5) is 10.1 Å². The number of halogens is 1. The molecule has 0 bridgehead atoms. The standard InChI is InChI=1S/C21H17FN4O3/c1-12-3-7-14(8-4-12)23-19(27)16-11-25(2)18-17(16)24-21(29)26(20(18)28)15-9-5-13(22)6-10-15/h3-11H,1-2H3,(H,23,27)(H,24,29). The molecule has 146 valence electrons. The number of aryl methyl sites for hydroxylation is 2. The van der Waals surface area contributed by atoms with Gasteiger partial charge in [-0.3, -0.25) is 9.59 Å². The first kappa shape index (κ1) is 18.4.